The molecule has 2 aromatic carbocycles. The van der Waals surface area contributed by atoms with Gasteiger partial charge in [-0.25, -0.2) is 14.4 Å². The number of benzene rings is 2. The molecule has 0 saturated carbocycles. The van der Waals surface area contributed by atoms with E-state index >= 15 is 4.39 Å². The van der Waals surface area contributed by atoms with Gasteiger partial charge in [-0.1, -0.05) is 6.07 Å². The zero-order valence-corrected chi connectivity index (χ0v) is 17.8. The zero-order valence-electron chi connectivity index (χ0n) is 17.8. The fourth-order valence-electron chi connectivity index (χ4n) is 4.32. The molecule has 0 spiro atoms. The molecular formula is C24H24FN5O2. The minimum atomic E-state index is -0.367. The Kier molecular flexibility index (Phi) is 5.22. The number of rotatable bonds is 3. The summed E-state index contributed by atoms with van der Waals surface area (Å²) >= 11 is 0. The Hall–Kier alpha value is -3.52. The predicted molar refractivity (Wildman–Crippen MR) is 121 cm³/mol. The lowest BCUT2D eigenvalue weighted by Gasteiger charge is -2.35. The van der Waals surface area contributed by atoms with Crippen LogP contribution in [0, 0.1) is 5.82 Å². The van der Waals surface area contributed by atoms with Crippen molar-refractivity contribution in [2.24, 2.45) is 0 Å². The Labute approximate surface area is 185 Å². The normalized spacial score (nSPS) is 18.2. The minimum Gasteiger partial charge on any atom is -0.382 e. The zero-order chi connectivity index (χ0) is 22.2. The number of nitrogens with one attached hydrogen (secondary N) is 1. The molecule has 8 heteroatoms. The van der Waals surface area contributed by atoms with E-state index in [9.17, 15) is 4.79 Å². The number of morpholine rings is 1. The Morgan fingerprint density at radius 1 is 1.22 bits per heavy atom. The minimum absolute atomic E-state index is 0.0812. The molecule has 3 heterocycles. The Morgan fingerprint density at radius 3 is 2.88 bits per heavy atom. The summed E-state index contributed by atoms with van der Waals surface area (Å²) in [5, 5.41) is 2.83. The van der Waals surface area contributed by atoms with Gasteiger partial charge in [-0.2, -0.15) is 0 Å². The van der Waals surface area contributed by atoms with Gasteiger partial charge in [0.05, 0.1) is 25.1 Å². The number of anilines is 2. The first-order chi connectivity index (χ1) is 15.5. The molecule has 1 aromatic heterocycles. The summed E-state index contributed by atoms with van der Waals surface area (Å²) in [6, 6.07) is 10.8. The fourth-order valence-corrected chi connectivity index (χ4v) is 4.32. The largest absolute Gasteiger partial charge is 0.382 e. The summed E-state index contributed by atoms with van der Waals surface area (Å²) in [6.07, 6.45) is 2.22. The van der Waals surface area contributed by atoms with Crippen LogP contribution in [0.5, 0.6) is 0 Å². The molecule has 32 heavy (non-hydrogen) atoms. The van der Waals surface area contributed by atoms with Crippen molar-refractivity contribution < 1.29 is 13.9 Å². The second-order valence-corrected chi connectivity index (χ2v) is 8.15. The molecular weight excluding hydrogens is 409 g/mol. The van der Waals surface area contributed by atoms with Crippen LogP contribution in [-0.2, 0) is 11.2 Å². The van der Waals surface area contributed by atoms with Crippen molar-refractivity contribution in [3.8, 4) is 22.5 Å². The quantitative estimate of drug-likeness (QED) is 0.660. The number of hydrogen-bond acceptors (Lipinski definition) is 6. The number of aromatic nitrogens is 2. The molecule has 2 aliphatic rings. The number of amides is 1. The molecule has 3 aromatic rings. The van der Waals surface area contributed by atoms with E-state index in [4.69, 9.17) is 10.5 Å². The summed E-state index contributed by atoms with van der Waals surface area (Å²) in [6.45, 7) is 4.63. The summed E-state index contributed by atoms with van der Waals surface area (Å²) in [5.74, 6) is -0.191. The van der Waals surface area contributed by atoms with E-state index < -0.39 is 0 Å². The van der Waals surface area contributed by atoms with Crippen molar-refractivity contribution in [1.29, 1.82) is 0 Å². The third-order valence-electron chi connectivity index (χ3n) is 6.03. The number of carbonyl (C=O) groups excluding carboxylic acids is 1. The number of carbonyl (C=O) groups is 1. The second kappa shape index (κ2) is 8.20. The van der Waals surface area contributed by atoms with Crippen LogP contribution in [0.2, 0.25) is 0 Å². The van der Waals surface area contributed by atoms with Gasteiger partial charge in [-0.05, 0) is 49.2 Å². The standard InChI is InChI=1S/C24H24FN5O2/c1-14-13-32-9-8-30(14)17-3-5-19(20(25)11-17)21-12-28-23(26)22(29-21)16-2-4-18-15(10-16)6-7-27-24(18)31/h2-5,10-12,14H,6-9,13H2,1H3,(H2,26,28)(H,27,31)/t14-/m1/s1. The van der Waals surface area contributed by atoms with Crippen LogP contribution < -0.4 is 16.0 Å². The van der Waals surface area contributed by atoms with Crippen LogP contribution in [0.15, 0.2) is 42.6 Å². The van der Waals surface area contributed by atoms with Gasteiger partial charge in [0.25, 0.3) is 5.91 Å². The molecule has 2 aliphatic heterocycles. The number of ether oxygens (including phenoxy) is 1. The van der Waals surface area contributed by atoms with Crippen LogP contribution in [0.3, 0.4) is 0 Å². The average Bonchev–Trinajstić information content (AvgIpc) is 2.80. The highest BCUT2D eigenvalue weighted by molar-refractivity contribution is 5.97. The van der Waals surface area contributed by atoms with Gasteiger partial charge in [0, 0.05) is 41.5 Å². The number of nitrogens with two attached hydrogens (primary N) is 1. The summed E-state index contributed by atoms with van der Waals surface area (Å²) < 4.78 is 20.6. The van der Waals surface area contributed by atoms with Gasteiger partial charge in [0.2, 0.25) is 0 Å². The van der Waals surface area contributed by atoms with E-state index in [1.807, 2.05) is 12.1 Å². The molecule has 0 bridgehead atoms. The molecule has 5 rings (SSSR count). The maximum absolute atomic E-state index is 15.1. The van der Waals surface area contributed by atoms with Crippen LogP contribution in [0.25, 0.3) is 22.5 Å². The molecule has 1 amide bonds. The van der Waals surface area contributed by atoms with Crippen LogP contribution in [-0.4, -0.2) is 48.2 Å². The van der Waals surface area contributed by atoms with Crippen LogP contribution in [0.1, 0.15) is 22.8 Å². The van der Waals surface area contributed by atoms with E-state index in [1.165, 1.54) is 12.3 Å². The van der Waals surface area contributed by atoms with Crippen molar-refractivity contribution in [3.05, 3.63) is 59.5 Å². The predicted octanol–water partition coefficient (Wildman–Crippen LogP) is 3.04. The summed E-state index contributed by atoms with van der Waals surface area (Å²) in [4.78, 5) is 23.1. The van der Waals surface area contributed by atoms with Crippen molar-refractivity contribution in [1.82, 2.24) is 15.3 Å². The van der Waals surface area contributed by atoms with E-state index in [1.54, 1.807) is 18.2 Å². The molecule has 0 radical (unpaired) electrons. The number of nitrogens with zero attached hydrogens (tertiary/aromatic N) is 3. The van der Waals surface area contributed by atoms with E-state index in [0.29, 0.717) is 42.3 Å². The highest BCUT2D eigenvalue weighted by Crippen LogP contribution is 2.31. The Morgan fingerprint density at radius 2 is 2.06 bits per heavy atom. The SMILES string of the molecule is C[C@@H]1COCCN1c1ccc(-c2cnc(N)c(-c3ccc4c(c3)CCNC4=O)n2)c(F)c1. The number of fused-ring (bicyclic) bond motifs is 1. The molecule has 164 valence electrons. The average molecular weight is 433 g/mol. The number of hydrogen-bond donors (Lipinski definition) is 2. The van der Waals surface area contributed by atoms with Crippen molar-refractivity contribution in [2.75, 3.05) is 36.9 Å². The fraction of sp³-hybridized carbons (Fsp3) is 0.292. The highest BCUT2D eigenvalue weighted by atomic mass is 19.1. The lowest BCUT2D eigenvalue weighted by molar-refractivity contribution is 0.0946. The maximum atomic E-state index is 15.1. The maximum Gasteiger partial charge on any atom is 0.251 e. The number of nitrogen functional groups attached to an aromatic ring is 1. The molecule has 0 unspecified atom stereocenters. The van der Waals surface area contributed by atoms with Crippen molar-refractivity contribution in [2.45, 2.75) is 19.4 Å². The Balaban J connectivity index is 1.50. The number of halogens is 1. The molecule has 1 atom stereocenters. The summed E-state index contributed by atoms with van der Waals surface area (Å²) in [7, 11) is 0. The van der Waals surface area contributed by atoms with Crippen molar-refractivity contribution in [3.63, 3.8) is 0 Å². The van der Waals surface area contributed by atoms with Gasteiger partial charge in [-0.15, -0.1) is 0 Å². The van der Waals surface area contributed by atoms with E-state index in [0.717, 1.165) is 29.8 Å². The van der Waals surface area contributed by atoms with Gasteiger partial charge >= 0.3 is 0 Å². The molecule has 3 N–H and O–H groups in total. The van der Waals surface area contributed by atoms with Crippen LogP contribution in [0.4, 0.5) is 15.9 Å². The second-order valence-electron chi connectivity index (χ2n) is 8.15. The van der Waals surface area contributed by atoms with Gasteiger partial charge < -0.3 is 20.7 Å². The third kappa shape index (κ3) is 3.67. The molecule has 1 saturated heterocycles. The monoisotopic (exact) mass is 433 g/mol. The van der Waals surface area contributed by atoms with Gasteiger partial charge in [0.1, 0.15) is 17.3 Å². The lowest BCUT2D eigenvalue weighted by Crippen LogP contribution is -2.43. The highest BCUT2D eigenvalue weighted by Gasteiger charge is 2.22. The van der Waals surface area contributed by atoms with Crippen molar-refractivity contribution >= 4 is 17.4 Å². The third-order valence-corrected chi connectivity index (χ3v) is 6.03. The van der Waals surface area contributed by atoms with Crippen LogP contribution >= 0.6 is 0 Å². The lowest BCUT2D eigenvalue weighted by atomic mass is 9.96. The smallest absolute Gasteiger partial charge is 0.251 e. The first-order valence-corrected chi connectivity index (χ1v) is 10.7. The van der Waals surface area contributed by atoms with E-state index in [2.05, 4.69) is 27.1 Å². The Bertz CT molecular complexity index is 1200. The topological polar surface area (TPSA) is 93.4 Å². The van der Waals surface area contributed by atoms with E-state index in [-0.39, 0.29) is 23.6 Å². The van der Waals surface area contributed by atoms with Gasteiger partial charge in [-0.3, -0.25) is 4.79 Å². The molecule has 0 aliphatic carbocycles. The first-order valence-electron chi connectivity index (χ1n) is 10.7. The molecule has 7 nitrogen and oxygen atoms in total. The molecule has 1 fully saturated rings. The first kappa shape index (κ1) is 20.4. The summed E-state index contributed by atoms with van der Waals surface area (Å²) in [5.41, 5.74) is 10.5. The van der Waals surface area contributed by atoms with Gasteiger partial charge in [0.15, 0.2) is 0 Å².